The number of hydrogen-bond acceptors (Lipinski definition) is 4. The Balaban J connectivity index is 2.06. The molecule has 0 saturated carbocycles. The molecule has 0 radical (unpaired) electrons. The lowest BCUT2D eigenvalue weighted by Crippen LogP contribution is -2.09. The highest BCUT2D eigenvalue weighted by Gasteiger charge is 2.13. The van der Waals surface area contributed by atoms with Crippen LogP contribution in [0.25, 0.3) is 0 Å². The van der Waals surface area contributed by atoms with Crippen molar-refractivity contribution >= 4 is 11.8 Å². The van der Waals surface area contributed by atoms with Crippen molar-refractivity contribution < 1.29 is 9.53 Å². The number of anilines is 1. The molecular weight excluding hydrogens is 228 g/mol. The zero-order valence-corrected chi connectivity index (χ0v) is 10.0. The fourth-order valence-corrected chi connectivity index (χ4v) is 1.55. The predicted octanol–water partition coefficient (Wildman–Crippen LogP) is 2.58. The average Bonchev–Trinajstić information content (AvgIpc) is 2.40. The van der Waals surface area contributed by atoms with Gasteiger partial charge in [-0.3, -0.25) is 0 Å². The van der Waals surface area contributed by atoms with E-state index in [0.717, 1.165) is 5.56 Å². The smallest absolute Gasteiger partial charge is 0.340 e. The van der Waals surface area contributed by atoms with Gasteiger partial charge in [0.25, 0.3) is 0 Å². The van der Waals surface area contributed by atoms with Gasteiger partial charge in [0.1, 0.15) is 11.9 Å². The maximum absolute atomic E-state index is 11.8. The number of aromatic nitrogens is 1. The third-order valence-electron chi connectivity index (χ3n) is 2.57. The van der Waals surface area contributed by atoms with Gasteiger partial charge >= 0.3 is 5.97 Å². The summed E-state index contributed by atoms with van der Waals surface area (Å²) in [6, 6.07) is 12.7. The summed E-state index contributed by atoms with van der Waals surface area (Å²) in [5.41, 5.74) is 6.80. The van der Waals surface area contributed by atoms with Crippen LogP contribution in [-0.2, 0) is 4.74 Å². The third-order valence-corrected chi connectivity index (χ3v) is 2.57. The summed E-state index contributed by atoms with van der Waals surface area (Å²) in [5, 5.41) is 0. The SMILES string of the molecule is CC(OC(=O)c1ccc(N)nc1)c1ccccc1. The largest absolute Gasteiger partial charge is 0.454 e. The second-order valence-corrected chi connectivity index (χ2v) is 3.93. The normalized spacial score (nSPS) is 11.8. The van der Waals surface area contributed by atoms with Crippen LogP contribution in [0.3, 0.4) is 0 Å². The highest BCUT2D eigenvalue weighted by molar-refractivity contribution is 5.89. The van der Waals surface area contributed by atoms with Crippen LogP contribution in [0.15, 0.2) is 48.7 Å². The van der Waals surface area contributed by atoms with E-state index in [4.69, 9.17) is 10.5 Å². The molecule has 0 aliphatic rings. The molecule has 0 aliphatic heterocycles. The molecule has 2 aromatic rings. The highest BCUT2D eigenvalue weighted by atomic mass is 16.5. The van der Waals surface area contributed by atoms with E-state index in [-0.39, 0.29) is 6.10 Å². The van der Waals surface area contributed by atoms with E-state index in [1.165, 1.54) is 6.20 Å². The van der Waals surface area contributed by atoms with Gasteiger partial charge in [-0.15, -0.1) is 0 Å². The Bertz CT molecular complexity index is 523. The first-order chi connectivity index (χ1) is 8.66. The Morgan fingerprint density at radius 3 is 2.56 bits per heavy atom. The molecule has 4 nitrogen and oxygen atoms in total. The number of hydrogen-bond donors (Lipinski definition) is 1. The quantitative estimate of drug-likeness (QED) is 0.840. The van der Waals surface area contributed by atoms with E-state index in [9.17, 15) is 4.79 Å². The first kappa shape index (κ1) is 12.1. The molecule has 1 aromatic carbocycles. The molecule has 0 fully saturated rings. The van der Waals surface area contributed by atoms with Crippen molar-refractivity contribution in [1.82, 2.24) is 4.98 Å². The maximum atomic E-state index is 11.8. The van der Waals surface area contributed by atoms with Gasteiger partial charge in [-0.05, 0) is 24.6 Å². The van der Waals surface area contributed by atoms with Crippen molar-refractivity contribution in [3.8, 4) is 0 Å². The summed E-state index contributed by atoms with van der Waals surface area (Å²) >= 11 is 0. The minimum absolute atomic E-state index is 0.295. The van der Waals surface area contributed by atoms with Gasteiger partial charge in [0.15, 0.2) is 0 Å². The molecular formula is C14H14N2O2. The summed E-state index contributed by atoms with van der Waals surface area (Å²) in [7, 11) is 0. The van der Waals surface area contributed by atoms with Crippen LogP contribution in [0.1, 0.15) is 28.9 Å². The van der Waals surface area contributed by atoms with Crippen molar-refractivity contribution in [3.05, 3.63) is 59.8 Å². The van der Waals surface area contributed by atoms with Gasteiger partial charge in [-0.25, -0.2) is 9.78 Å². The lowest BCUT2D eigenvalue weighted by Gasteiger charge is -2.13. The van der Waals surface area contributed by atoms with Crippen LogP contribution in [0, 0.1) is 0 Å². The Kier molecular flexibility index (Phi) is 3.57. The summed E-state index contributed by atoms with van der Waals surface area (Å²) < 4.78 is 5.34. The van der Waals surface area contributed by atoms with Crippen molar-refractivity contribution in [2.24, 2.45) is 0 Å². The molecule has 92 valence electrons. The van der Waals surface area contributed by atoms with Crippen LogP contribution >= 0.6 is 0 Å². The number of carbonyl (C=O) groups is 1. The summed E-state index contributed by atoms with van der Waals surface area (Å²) in [6.45, 7) is 1.83. The van der Waals surface area contributed by atoms with Crippen molar-refractivity contribution in [2.45, 2.75) is 13.0 Å². The van der Waals surface area contributed by atoms with Crippen LogP contribution in [0.4, 0.5) is 5.82 Å². The molecule has 0 spiro atoms. The molecule has 1 aromatic heterocycles. The van der Waals surface area contributed by atoms with Crippen molar-refractivity contribution in [2.75, 3.05) is 5.73 Å². The van der Waals surface area contributed by atoms with Crippen LogP contribution < -0.4 is 5.73 Å². The van der Waals surface area contributed by atoms with E-state index in [0.29, 0.717) is 11.4 Å². The lowest BCUT2D eigenvalue weighted by atomic mass is 10.1. The first-order valence-electron chi connectivity index (χ1n) is 5.64. The van der Waals surface area contributed by atoms with E-state index >= 15 is 0 Å². The molecule has 0 aliphatic carbocycles. The zero-order chi connectivity index (χ0) is 13.0. The molecule has 18 heavy (non-hydrogen) atoms. The van der Waals surface area contributed by atoms with Crippen molar-refractivity contribution in [1.29, 1.82) is 0 Å². The van der Waals surface area contributed by atoms with Crippen molar-refractivity contribution in [3.63, 3.8) is 0 Å². The minimum Gasteiger partial charge on any atom is -0.454 e. The van der Waals surface area contributed by atoms with Gasteiger partial charge in [0.05, 0.1) is 5.56 Å². The number of pyridine rings is 1. The summed E-state index contributed by atoms with van der Waals surface area (Å²) in [5.74, 6) is -0.0264. The number of rotatable bonds is 3. The predicted molar refractivity (Wildman–Crippen MR) is 68.9 cm³/mol. The molecule has 0 bridgehead atoms. The van der Waals surface area contributed by atoms with E-state index < -0.39 is 5.97 Å². The number of esters is 1. The number of ether oxygens (including phenoxy) is 1. The topological polar surface area (TPSA) is 65.2 Å². The van der Waals surface area contributed by atoms with Gasteiger partial charge in [0, 0.05) is 6.20 Å². The third kappa shape index (κ3) is 2.85. The first-order valence-corrected chi connectivity index (χ1v) is 5.64. The molecule has 0 saturated heterocycles. The Hall–Kier alpha value is -2.36. The summed E-state index contributed by atoms with van der Waals surface area (Å²) in [6.07, 6.45) is 1.12. The van der Waals surface area contributed by atoms with Gasteiger partial charge in [-0.2, -0.15) is 0 Å². The molecule has 1 heterocycles. The molecule has 0 amide bonds. The second-order valence-electron chi connectivity index (χ2n) is 3.93. The maximum Gasteiger partial charge on any atom is 0.340 e. The number of carbonyl (C=O) groups excluding carboxylic acids is 1. The number of nitrogens with two attached hydrogens (primary N) is 1. The average molecular weight is 242 g/mol. The molecule has 2 N–H and O–H groups in total. The van der Waals surface area contributed by atoms with Gasteiger partial charge < -0.3 is 10.5 Å². The zero-order valence-electron chi connectivity index (χ0n) is 10.0. The van der Waals surface area contributed by atoms with E-state index in [1.807, 2.05) is 37.3 Å². The fraction of sp³-hybridized carbons (Fsp3) is 0.143. The van der Waals surface area contributed by atoms with Gasteiger partial charge in [0.2, 0.25) is 0 Å². The van der Waals surface area contributed by atoms with Crippen LogP contribution in [-0.4, -0.2) is 11.0 Å². The number of nitrogen functional groups attached to an aromatic ring is 1. The second kappa shape index (κ2) is 5.31. The fourth-order valence-electron chi connectivity index (χ4n) is 1.55. The minimum atomic E-state index is -0.404. The van der Waals surface area contributed by atoms with E-state index in [2.05, 4.69) is 4.98 Å². The Morgan fingerprint density at radius 1 is 1.22 bits per heavy atom. The van der Waals surface area contributed by atoms with Crippen LogP contribution in [0.2, 0.25) is 0 Å². The Morgan fingerprint density at radius 2 is 1.94 bits per heavy atom. The monoisotopic (exact) mass is 242 g/mol. The highest BCUT2D eigenvalue weighted by Crippen LogP contribution is 2.18. The molecule has 1 atom stereocenters. The number of nitrogens with zero attached hydrogens (tertiary/aromatic N) is 1. The van der Waals surface area contributed by atoms with E-state index in [1.54, 1.807) is 12.1 Å². The number of benzene rings is 1. The standard InChI is InChI=1S/C14H14N2O2/c1-10(11-5-3-2-4-6-11)18-14(17)12-7-8-13(15)16-9-12/h2-10H,1H3,(H2,15,16). The molecule has 1 unspecified atom stereocenters. The Labute approximate surface area is 105 Å². The lowest BCUT2D eigenvalue weighted by molar-refractivity contribution is 0.0337. The van der Waals surface area contributed by atoms with Gasteiger partial charge in [-0.1, -0.05) is 30.3 Å². The molecule has 4 heteroatoms. The molecule has 2 rings (SSSR count). The summed E-state index contributed by atoms with van der Waals surface area (Å²) in [4.78, 5) is 15.7. The van der Waals surface area contributed by atoms with Crippen LogP contribution in [0.5, 0.6) is 0 Å².